The van der Waals surface area contributed by atoms with Gasteiger partial charge in [-0.1, -0.05) is 0 Å². The van der Waals surface area contributed by atoms with Crippen LogP contribution < -0.4 is 10.7 Å². The van der Waals surface area contributed by atoms with E-state index in [1.165, 1.54) is 17.0 Å². The largest absolute Gasteiger partial charge is 0.548 e. The number of carbonyl (C=O) groups is 2. The molecule has 0 radical (unpaired) electrons. The summed E-state index contributed by atoms with van der Waals surface area (Å²) >= 11 is 0. The summed E-state index contributed by atoms with van der Waals surface area (Å²) in [5, 5.41) is 30.8. The van der Waals surface area contributed by atoms with Gasteiger partial charge in [0.1, 0.15) is 0 Å². The number of carbonyl (C=O) groups excluding carboxylic acids is 2. The molecule has 0 unspecified atom stereocenters. The minimum Gasteiger partial charge on any atom is -0.548 e. The van der Waals surface area contributed by atoms with Crippen molar-refractivity contribution in [3.8, 4) is 11.5 Å². The lowest BCUT2D eigenvalue weighted by Gasteiger charge is -2.25. The summed E-state index contributed by atoms with van der Waals surface area (Å²) < 4.78 is 5.06. The van der Waals surface area contributed by atoms with E-state index >= 15 is 0 Å². The zero-order valence-electron chi connectivity index (χ0n) is 13.4. The third-order valence-electron chi connectivity index (χ3n) is 4.58. The van der Waals surface area contributed by atoms with E-state index in [-0.39, 0.29) is 17.6 Å². The van der Waals surface area contributed by atoms with E-state index < -0.39 is 35.0 Å². The van der Waals surface area contributed by atoms with Crippen LogP contribution >= 0.6 is 0 Å². The molecular formula is C17H16NO7-. The summed E-state index contributed by atoms with van der Waals surface area (Å²) in [5.41, 5.74) is -0.457. The SMILES string of the molecule is Cc1c(CC(=O)N2CCC[C@@H]2C(=O)[O-])c(=O)oc2c(O)c(O)ccc12. The van der Waals surface area contributed by atoms with Crippen LogP contribution in [0, 0.1) is 6.92 Å². The Labute approximate surface area is 141 Å². The Morgan fingerprint density at radius 1 is 1.36 bits per heavy atom. The maximum Gasteiger partial charge on any atom is 0.340 e. The van der Waals surface area contributed by atoms with Gasteiger partial charge in [-0.25, -0.2) is 4.79 Å². The van der Waals surface area contributed by atoms with Gasteiger partial charge in [0.2, 0.25) is 11.7 Å². The van der Waals surface area contributed by atoms with Crippen molar-refractivity contribution in [3.05, 3.63) is 33.7 Å². The molecule has 1 aromatic heterocycles. The van der Waals surface area contributed by atoms with Gasteiger partial charge in [-0.05, 0) is 37.5 Å². The molecule has 0 saturated carbocycles. The van der Waals surface area contributed by atoms with Gasteiger partial charge in [-0.3, -0.25) is 4.79 Å². The Balaban J connectivity index is 1.99. The highest BCUT2D eigenvalue weighted by Crippen LogP contribution is 2.34. The zero-order chi connectivity index (χ0) is 18.3. The summed E-state index contributed by atoms with van der Waals surface area (Å²) in [6, 6.07) is 1.74. The number of fused-ring (bicyclic) bond motifs is 1. The van der Waals surface area contributed by atoms with Crippen LogP contribution in [0.15, 0.2) is 21.3 Å². The summed E-state index contributed by atoms with van der Waals surface area (Å²) in [6.07, 6.45) is 0.574. The van der Waals surface area contributed by atoms with Gasteiger partial charge in [0.25, 0.3) is 0 Å². The smallest absolute Gasteiger partial charge is 0.340 e. The molecule has 132 valence electrons. The normalized spacial score (nSPS) is 17.2. The van der Waals surface area contributed by atoms with Crippen molar-refractivity contribution in [2.75, 3.05) is 6.54 Å². The Kier molecular flexibility index (Phi) is 4.12. The first-order chi connectivity index (χ1) is 11.8. The first kappa shape index (κ1) is 16.8. The Bertz CT molecular complexity index is 931. The molecule has 25 heavy (non-hydrogen) atoms. The molecule has 0 bridgehead atoms. The standard InChI is InChI=1S/C17H17NO7/c1-8-9-4-5-12(19)14(21)15(9)25-17(24)10(8)7-13(20)18-6-2-3-11(18)16(22)23/h4-5,11,19,21H,2-3,6-7H2,1H3,(H,22,23)/p-1/t11-/m1/s1. The average molecular weight is 346 g/mol. The Morgan fingerprint density at radius 3 is 2.76 bits per heavy atom. The van der Waals surface area contributed by atoms with Crippen LogP contribution in [0.4, 0.5) is 0 Å². The van der Waals surface area contributed by atoms with E-state index in [4.69, 9.17) is 4.42 Å². The number of hydrogen-bond acceptors (Lipinski definition) is 7. The number of aromatic hydroxyl groups is 2. The minimum absolute atomic E-state index is 0.0894. The number of aliphatic carboxylic acids is 1. The van der Waals surface area contributed by atoms with Crippen LogP contribution in [0.25, 0.3) is 11.0 Å². The fourth-order valence-corrected chi connectivity index (χ4v) is 3.20. The number of nitrogens with zero attached hydrogens (tertiary/aromatic N) is 1. The molecule has 2 N–H and O–H groups in total. The van der Waals surface area contributed by atoms with Crippen molar-refractivity contribution in [2.24, 2.45) is 0 Å². The number of phenols is 2. The topological polar surface area (TPSA) is 131 Å². The predicted molar refractivity (Wildman–Crippen MR) is 84.0 cm³/mol. The van der Waals surface area contributed by atoms with Gasteiger partial charge >= 0.3 is 5.63 Å². The van der Waals surface area contributed by atoms with E-state index in [0.29, 0.717) is 30.3 Å². The number of rotatable bonds is 3. The van der Waals surface area contributed by atoms with E-state index in [0.717, 1.165) is 0 Å². The number of benzene rings is 1. The average Bonchev–Trinajstić information content (AvgIpc) is 3.05. The molecule has 1 aliphatic rings. The minimum atomic E-state index is -1.31. The maximum atomic E-state index is 12.5. The molecule has 2 aromatic rings. The molecule has 3 rings (SSSR count). The molecule has 8 nitrogen and oxygen atoms in total. The molecule has 0 aliphatic carbocycles. The van der Waals surface area contributed by atoms with Gasteiger partial charge in [0.05, 0.1) is 24.0 Å². The lowest BCUT2D eigenvalue weighted by molar-refractivity contribution is -0.310. The van der Waals surface area contributed by atoms with Crippen LogP contribution in [-0.4, -0.2) is 39.6 Å². The molecular weight excluding hydrogens is 330 g/mol. The van der Waals surface area contributed by atoms with Crippen molar-refractivity contribution in [1.82, 2.24) is 4.90 Å². The third-order valence-corrected chi connectivity index (χ3v) is 4.58. The van der Waals surface area contributed by atoms with Crippen molar-refractivity contribution >= 4 is 22.8 Å². The molecule has 8 heteroatoms. The number of aryl methyl sites for hydroxylation is 1. The summed E-state index contributed by atoms with van der Waals surface area (Å²) in [4.78, 5) is 37.0. The lowest BCUT2D eigenvalue weighted by Crippen LogP contribution is -2.47. The van der Waals surface area contributed by atoms with Crippen molar-refractivity contribution in [3.63, 3.8) is 0 Å². The lowest BCUT2D eigenvalue weighted by atomic mass is 10.0. The van der Waals surface area contributed by atoms with Crippen molar-refractivity contribution < 1.29 is 29.3 Å². The summed E-state index contributed by atoms with van der Waals surface area (Å²) in [5.74, 6) is -2.78. The van der Waals surface area contributed by atoms with Crippen LogP contribution in [0.3, 0.4) is 0 Å². The molecule has 0 spiro atoms. The molecule has 1 fully saturated rings. The first-order valence-corrected chi connectivity index (χ1v) is 7.78. The van der Waals surface area contributed by atoms with E-state index in [2.05, 4.69) is 0 Å². The molecule has 2 heterocycles. The van der Waals surface area contributed by atoms with Crippen LogP contribution in [0.5, 0.6) is 11.5 Å². The van der Waals surface area contributed by atoms with Crippen LogP contribution in [-0.2, 0) is 16.0 Å². The van der Waals surface area contributed by atoms with Crippen molar-refractivity contribution in [2.45, 2.75) is 32.2 Å². The fraction of sp³-hybridized carbons (Fsp3) is 0.353. The molecule has 1 atom stereocenters. The van der Waals surface area contributed by atoms with Crippen molar-refractivity contribution in [1.29, 1.82) is 0 Å². The Morgan fingerprint density at radius 2 is 2.08 bits per heavy atom. The van der Waals surface area contributed by atoms with E-state index in [1.807, 2.05) is 0 Å². The van der Waals surface area contributed by atoms with Gasteiger partial charge in [-0.15, -0.1) is 0 Å². The maximum absolute atomic E-state index is 12.5. The Hall–Kier alpha value is -3.03. The monoisotopic (exact) mass is 346 g/mol. The van der Waals surface area contributed by atoms with Crippen LogP contribution in [0.2, 0.25) is 0 Å². The van der Waals surface area contributed by atoms with Gasteiger partial charge in [0.15, 0.2) is 11.3 Å². The van der Waals surface area contributed by atoms with Crippen LogP contribution in [0.1, 0.15) is 24.0 Å². The highest BCUT2D eigenvalue weighted by molar-refractivity contribution is 5.90. The van der Waals surface area contributed by atoms with E-state index in [1.54, 1.807) is 6.92 Å². The number of phenolic OH excluding ortho intramolecular Hbond substituents is 2. The van der Waals surface area contributed by atoms with Gasteiger partial charge in [0, 0.05) is 11.9 Å². The second-order valence-corrected chi connectivity index (χ2v) is 6.04. The number of carboxylic acids is 1. The fourth-order valence-electron chi connectivity index (χ4n) is 3.20. The number of likely N-dealkylation sites (tertiary alicyclic amines) is 1. The van der Waals surface area contributed by atoms with E-state index in [9.17, 15) is 29.7 Å². The highest BCUT2D eigenvalue weighted by Gasteiger charge is 2.30. The third kappa shape index (κ3) is 2.79. The molecule has 1 aliphatic heterocycles. The zero-order valence-corrected chi connectivity index (χ0v) is 13.4. The molecule has 1 aromatic carbocycles. The number of amides is 1. The second kappa shape index (κ2) is 6.12. The summed E-state index contributed by atoms with van der Waals surface area (Å²) in [6.45, 7) is 1.89. The number of hydrogen-bond donors (Lipinski definition) is 2. The summed E-state index contributed by atoms with van der Waals surface area (Å²) in [7, 11) is 0. The number of carboxylic acid groups (broad SMARTS) is 1. The second-order valence-electron chi connectivity index (χ2n) is 6.04. The predicted octanol–water partition coefficient (Wildman–Crippen LogP) is -0.204. The molecule has 1 amide bonds. The quantitative estimate of drug-likeness (QED) is 0.581. The first-order valence-electron chi connectivity index (χ1n) is 7.78. The van der Waals surface area contributed by atoms with Gasteiger partial charge < -0.3 is 29.4 Å². The highest BCUT2D eigenvalue weighted by atomic mass is 16.4. The molecule has 1 saturated heterocycles. The van der Waals surface area contributed by atoms with Gasteiger partial charge in [-0.2, -0.15) is 0 Å².